The quantitative estimate of drug-likeness (QED) is 0.679. The molecule has 1 aliphatic heterocycles. The summed E-state index contributed by atoms with van der Waals surface area (Å²) in [5.41, 5.74) is 1.05. The van der Waals surface area contributed by atoms with Crippen molar-refractivity contribution < 1.29 is 14.3 Å². The predicted octanol–water partition coefficient (Wildman–Crippen LogP) is 0.519. The smallest absolute Gasteiger partial charge is 0.407 e. The molecule has 0 radical (unpaired) electrons. The Hall–Kier alpha value is -1.52. The highest BCUT2D eigenvalue weighted by Crippen LogP contribution is 2.13. The van der Waals surface area contributed by atoms with Crippen LogP contribution >= 0.6 is 0 Å². The van der Waals surface area contributed by atoms with Crippen molar-refractivity contribution in [2.75, 3.05) is 20.2 Å². The fourth-order valence-corrected chi connectivity index (χ4v) is 1.48. The van der Waals surface area contributed by atoms with E-state index in [9.17, 15) is 9.59 Å². The molecule has 1 saturated heterocycles. The van der Waals surface area contributed by atoms with Gasteiger partial charge in [0.25, 0.3) is 0 Å². The van der Waals surface area contributed by atoms with E-state index in [2.05, 4.69) is 16.6 Å². The number of nitrogens with one attached hydrogen (secondary N) is 1. The molecule has 2 amide bonds. The van der Waals surface area contributed by atoms with Crippen LogP contribution in [0.1, 0.15) is 13.3 Å². The molecule has 1 fully saturated rings. The average Bonchev–Trinajstić information content (AvgIpc) is 2.63. The van der Waals surface area contributed by atoms with Crippen LogP contribution in [0.3, 0.4) is 0 Å². The molecule has 84 valence electrons. The third-order valence-electron chi connectivity index (χ3n) is 2.35. The zero-order valence-electron chi connectivity index (χ0n) is 9.08. The number of rotatable bonds is 2. The summed E-state index contributed by atoms with van der Waals surface area (Å²) in [4.78, 5) is 24.3. The molecule has 0 aromatic carbocycles. The van der Waals surface area contributed by atoms with Gasteiger partial charge in [-0.2, -0.15) is 0 Å². The van der Waals surface area contributed by atoms with Gasteiger partial charge in [0.2, 0.25) is 5.91 Å². The Bertz CT molecular complexity index is 288. The molecule has 1 rings (SSSR count). The van der Waals surface area contributed by atoms with Crippen LogP contribution < -0.4 is 5.32 Å². The average molecular weight is 212 g/mol. The monoisotopic (exact) mass is 212 g/mol. The molecule has 5 nitrogen and oxygen atoms in total. The van der Waals surface area contributed by atoms with E-state index in [1.807, 2.05) is 0 Å². The highest BCUT2D eigenvalue weighted by Gasteiger charge is 2.25. The number of hydrogen-bond donors (Lipinski definition) is 1. The molecular formula is C10H16N2O3. The maximum Gasteiger partial charge on any atom is 0.407 e. The number of likely N-dealkylation sites (tertiary alicyclic amines) is 1. The Morgan fingerprint density at radius 2 is 2.27 bits per heavy atom. The molecule has 1 N–H and O–H groups in total. The van der Waals surface area contributed by atoms with Crippen molar-refractivity contribution in [1.82, 2.24) is 10.2 Å². The van der Waals surface area contributed by atoms with Gasteiger partial charge in [0.15, 0.2) is 0 Å². The van der Waals surface area contributed by atoms with E-state index < -0.39 is 12.1 Å². The van der Waals surface area contributed by atoms with Gasteiger partial charge in [0.05, 0.1) is 7.11 Å². The van der Waals surface area contributed by atoms with Gasteiger partial charge in [-0.3, -0.25) is 4.79 Å². The van der Waals surface area contributed by atoms with Crippen LogP contribution in [0.4, 0.5) is 4.79 Å². The number of alkyl carbamates (subject to hydrolysis) is 1. The second-order valence-corrected chi connectivity index (χ2v) is 3.62. The van der Waals surface area contributed by atoms with E-state index in [0.29, 0.717) is 13.1 Å². The van der Waals surface area contributed by atoms with Crippen molar-refractivity contribution >= 4 is 12.0 Å². The second-order valence-electron chi connectivity index (χ2n) is 3.62. The number of hydrogen-bond acceptors (Lipinski definition) is 3. The molecule has 1 unspecified atom stereocenters. The molecule has 1 atom stereocenters. The summed E-state index contributed by atoms with van der Waals surface area (Å²) in [6, 6.07) is -0.552. The molecule has 0 aromatic heterocycles. The SMILES string of the molecule is C=C1CCN(C(=O)C(C)NC(=O)OC)C1. The summed E-state index contributed by atoms with van der Waals surface area (Å²) < 4.78 is 4.42. The van der Waals surface area contributed by atoms with Crippen molar-refractivity contribution in [1.29, 1.82) is 0 Å². The lowest BCUT2D eigenvalue weighted by atomic mass is 10.3. The van der Waals surface area contributed by atoms with Crippen molar-refractivity contribution in [3.05, 3.63) is 12.2 Å². The molecule has 0 aliphatic carbocycles. The molecule has 15 heavy (non-hydrogen) atoms. The first-order valence-corrected chi connectivity index (χ1v) is 4.84. The summed E-state index contributed by atoms with van der Waals surface area (Å²) >= 11 is 0. The van der Waals surface area contributed by atoms with Gasteiger partial charge in [-0.05, 0) is 13.3 Å². The van der Waals surface area contributed by atoms with Crippen LogP contribution in [0.2, 0.25) is 0 Å². The lowest BCUT2D eigenvalue weighted by Crippen LogP contribution is -2.45. The van der Waals surface area contributed by atoms with Crippen LogP contribution in [0.15, 0.2) is 12.2 Å². The molecule has 0 spiro atoms. The summed E-state index contributed by atoms with van der Waals surface area (Å²) in [5, 5.41) is 2.44. The Kier molecular flexibility index (Phi) is 3.71. The third-order valence-corrected chi connectivity index (χ3v) is 2.35. The summed E-state index contributed by atoms with van der Waals surface area (Å²) in [6.45, 7) is 6.73. The van der Waals surface area contributed by atoms with E-state index in [1.54, 1.807) is 11.8 Å². The van der Waals surface area contributed by atoms with Crippen LogP contribution in [-0.2, 0) is 9.53 Å². The van der Waals surface area contributed by atoms with E-state index in [-0.39, 0.29) is 5.91 Å². The highest BCUT2D eigenvalue weighted by atomic mass is 16.5. The van der Waals surface area contributed by atoms with E-state index in [1.165, 1.54) is 7.11 Å². The van der Waals surface area contributed by atoms with Crippen molar-refractivity contribution in [2.24, 2.45) is 0 Å². The fourth-order valence-electron chi connectivity index (χ4n) is 1.48. The number of methoxy groups -OCH3 is 1. The van der Waals surface area contributed by atoms with Crippen molar-refractivity contribution in [3.63, 3.8) is 0 Å². The Morgan fingerprint density at radius 3 is 2.73 bits per heavy atom. The zero-order chi connectivity index (χ0) is 11.4. The number of amides is 2. The molecule has 1 aliphatic rings. The van der Waals surface area contributed by atoms with Gasteiger partial charge < -0.3 is 15.0 Å². The molecular weight excluding hydrogens is 196 g/mol. The van der Waals surface area contributed by atoms with Crippen LogP contribution in [0.25, 0.3) is 0 Å². The second kappa shape index (κ2) is 4.82. The van der Waals surface area contributed by atoms with Crippen molar-refractivity contribution in [2.45, 2.75) is 19.4 Å². The first-order chi connectivity index (χ1) is 7.04. The summed E-state index contributed by atoms with van der Waals surface area (Å²) in [6.07, 6.45) is 0.255. The summed E-state index contributed by atoms with van der Waals surface area (Å²) in [5.74, 6) is -0.0981. The Morgan fingerprint density at radius 1 is 1.60 bits per heavy atom. The Balaban J connectivity index is 2.45. The van der Waals surface area contributed by atoms with Gasteiger partial charge in [-0.1, -0.05) is 12.2 Å². The van der Waals surface area contributed by atoms with E-state index in [0.717, 1.165) is 12.0 Å². The van der Waals surface area contributed by atoms with Crippen molar-refractivity contribution in [3.8, 4) is 0 Å². The maximum atomic E-state index is 11.8. The lowest BCUT2D eigenvalue weighted by Gasteiger charge is -2.20. The normalized spacial score (nSPS) is 17.5. The molecule has 0 saturated carbocycles. The first kappa shape index (κ1) is 11.6. The number of nitrogens with zero attached hydrogens (tertiary/aromatic N) is 1. The van der Waals surface area contributed by atoms with Gasteiger partial charge in [-0.25, -0.2) is 4.79 Å². The number of carbonyl (C=O) groups excluding carboxylic acids is 2. The lowest BCUT2D eigenvalue weighted by molar-refractivity contribution is -0.131. The molecule has 0 aromatic rings. The maximum absolute atomic E-state index is 11.8. The first-order valence-electron chi connectivity index (χ1n) is 4.84. The third kappa shape index (κ3) is 2.97. The minimum atomic E-state index is -0.589. The topological polar surface area (TPSA) is 58.6 Å². The van der Waals surface area contributed by atoms with Gasteiger partial charge >= 0.3 is 6.09 Å². The van der Waals surface area contributed by atoms with Gasteiger partial charge in [0, 0.05) is 13.1 Å². The highest BCUT2D eigenvalue weighted by molar-refractivity contribution is 5.85. The van der Waals surface area contributed by atoms with Gasteiger partial charge in [0.1, 0.15) is 6.04 Å². The predicted molar refractivity (Wildman–Crippen MR) is 55.3 cm³/mol. The molecule has 1 heterocycles. The summed E-state index contributed by atoms with van der Waals surface area (Å²) in [7, 11) is 1.27. The zero-order valence-corrected chi connectivity index (χ0v) is 9.08. The van der Waals surface area contributed by atoms with Crippen LogP contribution in [-0.4, -0.2) is 43.1 Å². The minimum Gasteiger partial charge on any atom is -0.453 e. The minimum absolute atomic E-state index is 0.0981. The molecule has 0 bridgehead atoms. The van der Waals surface area contributed by atoms with Gasteiger partial charge in [-0.15, -0.1) is 0 Å². The molecule has 5 heteroatoms. The largest absolute Gasteiger partial charge is 0.453 e. The van der Waals surface area contributed by atoms with Crippen LogP contribution in [0.5, 0.6) is 0 Å². The Labute approximate surface area is 89.1 Å². The number of ether oxygens (including phenoxy) is 1. The fraction of sp³-hybridized carbons (Fsp3) is 0.600. The van der Waals surface area contributed by atoms with E-state index in [4.69, 9.17) is 0 Å². The standard InChI is InChI=1S/C10H16N2O3/c1-7-4-5-12(6-7)9(13)8(2)11-10(14)15-3/h8H,1,4-6H2,2-3H3,(H,11,14). The number of carbonyl (C=O) groups is 2. The van der Waals surface area contributed by atoms with Crippen LogP contribution in [0, 0.1) is 0 Å². The van der Waals surface area contributed by atoms with E-state index >= 15 is 0 Å².